The summed E-state index contributed by atoms with van der Waals surface area (Å²) >= 11 is 0. The van der Waals surface area contributed by atoms with Gasteiger partial charge >= 0.3 is 5.97 Å². The predicted octanol–water partition coefficient (Wildman–Crippen LogP) is 3.56. The van der Waals surface area contributed by atoms with Crippen LogP contribution in [0.15, 0.2) is 30.4 Å². The maximum Gasteiger partial charge on any atom is 0.306 e. The highest BCUT2D eigenvalue weighted by Crippen LogP contribution is 2.20. The van der Waals surface area contributed by atoms with Gasteiger partial charge in [0.2, 0.25) is 0 Å². The molecule has 0 aliphatic rings. The van der Waals surface area contributed by atoms with Gasteiger partial charge < -0.3 is 15.6 Å². The van der Waals surface area contributed by atoms with E-state index in [9.17, 15) is 9.59 Å². The van der Waals surface area contributed by atoms with Gasteiger partial charge in [-0.2, -0.15) is 0 Å². The molecule has 24 heavy (non-hydrogen) atoms. The van der Waals surface area contributed by atoms with Gasteiger partial charge in [-0.25, -0.2) is 0 Å². The van der Waals surface area contributed by atoms with Crippen molar-refractivity contribution in [2.24, 2.45) is 11.7 Å². The Labute approximate surface area is 143 Å². The van der Waals surface area contributed by atoms with Crippen LogP contribution in [-0.4, -0.2) is 24.1 Å². The standard InChI is InChI=1S/C19H27NO4/c1-3-15(19(22)23)10-8-6-4-5-7-9-14-11-12-16(18(20)21)17(13-14)24-2/h5,7,11-13,15H,3-4,6,8-10H2,1-2H3,(H2,20,21)(H,22,23). The number of rotatable bonds is 11. The topological polar surface area (TPSA) is 89.6 Å². The molecule has 0 aromatic heterocycles. The maximum absolute atomic E-state index is 11.3. The molecule has 1 rings (SSSR count). The Morgan fingerprint density at radius 3 is 2.62 bits per heavy atom. The molecule has 0 aliphatic heterocycles. The molecular formula is C19H27NO4. The minimum absolute atomic E-state index is 0.217. The highest BCUT2D eigenvalue weighted by atomic mass is 16.5. The molecule has 0 bridgehead atoms. The van der Waals surface area contributed by atoms with Crippen LogP contribution in [-0.2, 0) is 11.2 Å². The zero-order valence-electron chi connectivity index (χ0n) is 14.5. The molecule has 132 valence electrons. The molecule has 1 atom stereocenters. The number of methoxy groups -OCH3 is 1. The summed E-state index contributed by atoms with van der Waals surface area (Å²) in [6.45, 7) is 1.91. The van der Waals surface area contributed by atoms with Crippen molar-refractivity contribution in [3.05, 3.63) is 41.5 Å². The van der Waals surface area contributed by atoms with E-state index in [0.29, 0.717) is 17.7 Å². The monoisotopic (exact) mass is 333 g/mol. The largest absolute Gasteiger partial charge is 0.496 e. The lowest BCUT2D eigenvalue weighted by atomic mass is 9.99. The molecule has 3 N–H and O–H groups in total. The number of unbranched alkanes of at least 4 members (excludes halogenated alkanes) is 2. The van der Waals surface area contributed by atoms with Crippen molar-refractivity contribution in [1.29, 1.82) is 0 Å². The Kier molecular flexibility index (Phi) is 8.61. The lowest BCUT2D eigenvalue weighted by Crippen LogP contribution is -2.12. The third kappa shape index (κ3) is 6.44. The number of nitrogens with two attached hydrogens (primary N) is 1. The lowest BCUT2D eigenvalue weighted by Gasteiger charge is -2.08. The molecule has 1 amide bonds. The van der Waals surface area contributed by atoms with Crippen molar-refractivity contribution in [1.82, 2.24) is 0 Å². The molecule has 1 aromatic rings. The number of amides is 1. The van der Waals surface area contributed by atoms with E-state index < -0.39 is 11.9 Å². The molecule has 1 unspecified atom stereocenters. The molecule has 0 radical (unpaired) electrons. The molecule has 0 aliphatic carbocycles. The summed E-state index contributed by atoms with van der Waals surface area (Å²) in [7, 11) is 1.52. The molecular weight excluding hydrogens is 306 g/mol. The number of hydrogen-bond acceptors (Lipinski definition) is 3. The smallest absolute Gasteiger partial charge is 0.306 e. The van der Waals surface area contributed by atoms with Gasteiger partial charge in [0.1, 0.15) is 5.75 Å². The molecule has 5 heteroatoms. The van der Waals surface area contributed by atoms with Crippen molar-refractivity contribution >= 4 is 11.9 Å². The summed E-state index contributed by atoms with van der Waals surface area (Å²) in [5, 5.41) is 8.98. The zero-order valence-corrected chi connectivity index (χ0v) is 14.5. The fourth-order valence-electron chi connectivity index (χ4n) is 2.56. The van der Waals surface area contributed by atoms with Crippen LogP contribution in [0.2, 0.25) is 0 Å². The van der Waals surface area contributed by atoms with Crippen LogP contribution in [0.5, 0.6) is 5.75 Å². The third-order valence-corrected chi connectivity index (χ3v) is 4.07. The summed E-state index contributed by atoms with van der Waals surface area (Å²) < 4.78 is 5.19. The third-order valence-electron chi connectivity index (χ3n) is 4.07. The number of benzene rings is 1. The van der Waals surface area contributed by atoms with E-state index in [2.05, 4.69) is 12.2 Å². The van der Waals surface area contributed by atoms with Gasteiger partial charge in [-0.1, -0.05) is 31.6 Å². The predicted molar refractivity (Wildman–Crippen MR) is 94.2 cm³/mol. The van der Waals surface area contributed by atoms with Crippen LogP contribution in [0.25, 0.3) is 0 Å². The average Bonchev–Trinajstić information content (AvgIpc) is 2.56. The van der Waals surface area contributed by atoms with Gasteiger partial charge in [0.05, 0.1) is 18.6 Å². The van der Waals surface area contributed by atoms with Gasteiger partial charge in [-0.3, -0.25) is 9.59 Å². The van der Waals surface area contributed by atoms with E-state index in [0.717, 1.165) is 37.7 Å². The van der Waals surface area contributed by atoms with Crippen molar-refractivity contribution < 1.29 is 19.4 Å². The Hall–Kier alpha value is -2.30. The van der Waals surface area contributed by atoms with Crippen molar-refractivity contribution in [2.75, 3.05) is 7.11 Å². The Balaban J connectivity index is 2.37. The minimum atomic E-state index is -0.693. The van der Waals surface area contributed by atoms with Crippen molar-refractivity contribution in [3.63, 3.8) is 0 Å². The van der Waals surface area contributed by atoms with Crippen molar-refractivity contribution in [2.45, 2.75) is 45.4 Å². The van der Waals surface area contributed by atoms with E-state index in [-0.39, 0.29) is 5.92 Å². The van der Waals surface area contributed by atoms with Gasteiger partial charge in [0, 0.05) is 0 Å². The van der Waals surface area contributed by atoms with Crippen LogP contribution in [0.4, 0.5) is 0 Å². The summed E-state index contributed by atoms with van der Waals surface area (Å²) in [4.78, 5) is 22.2. The summed E-state index contributed by atoms with van der Waals surface area (Å²) in [5.74, 6) is -0.917. The molecule has 0 fully saturated rings. The fraction of sp³-hybridized carbons (Fsp3) is 0.474. The second-order valence-corrected chi connectivity index (χ2v) is 5.80. The van der Waals surface area contributed by atoms with E-state index in [1.54, 1.807) is 6.07 Å². The second kappa shape index (κ2) is 10.5. The molecule has 0 heterocycles. The molecule has 0 spiro atoms. The lowest BCUT2D eigenvalue weighted by molar-refractivity contribution is -0.142. The van der Waals surface area contributed by atoms with E-state index in [1.807, 2.05) is 19.1 Å². The number of hydrogen-bond donors (Lipinski definition) is 2. The SMILES string of the molecule is CCC(CCCCC=CCc1ccc(C(N)=O)c(OC)c1)C(=O)O. The highest BCUT2D eigenvalue weighted by Gasteiger charge is 2.13. The van der Waals surface area contributed by atoms with Gasteiger partial charge in [0.15, 0.2) is 0 Å². The van der Waals surface area contributed by atoms with E-state index >= 15 is 0 Å². The van der Waals surface area contributed by atoms with Crippen LogP contribution < -0.4 is 10.5 Å². The first-order chi connectivity index (χ1) is 11.5. The van der Waals surface area contributed by atoms with E-state index in [4.69, 9.17) is 15.6 Å². The number of carbonyl (C=O) groups is 2. The molecule has 1 aromatic carbocycles. The molecule has 5 nitrogen and oxygen atoms in total. The van der Waals surface area contributed by atoms with Crippen LogP contribution in [0.1, 0.15) is 54.9 Å². The average molecular weight is 333 g/mol. The van der Waals surface area contributed by atoms with Gasteiger partial charge in [0.25, 0.3) is 5.91 Å². The molecule has 0 saturated heterocycles. The number of ether oxygens (including phenoxy) is 1. The Bertz CT molecular complexity index is 581. The summed E-state index contributed by atoms with van der Waals surface area (Å²) in [6.07, 6.45) is 9.22. The van der Waals surface area contributed by atoms with Crippen LogP contribution >= 0.6 is 0 Å². The van der Waals surface area contributed by atoms with E-state index in [1.165, 1.54) is 7.11 Å². The maximum atomic E-state index is 11.3. The first-order valence-electron chi connectivity index (χ1n) is 8.34. The summed E-state index contributed by atoms with van der Waals surface area (Å²) in [6, 6.07) is 5.37. The number of carboxylic acid groups (broad SMARTS) is 1. The number of carbonyl (C=O) groups excluding carboxylic acids is 1. The van der Waals surface area contributed by atoms with Crippen LogP contribution in [0, 0.1) is 5.92 Å². The normalized spacial score (nSPS) is 12.2. The fourth-order valence-corrected chi connectivity index (χ4v) is 2.56. The first kappa shape index (κ1) is 19.7. The Morgan fingerprint density at radius 1 is 1.29 bits per heavy atom. The highest BCUT2D eigenvalue weighted by molar-refractivity contribution is 5.95. The van der Waals surface area contributed by atoms with Crippen molar-refractivity contribution in [3.8, 4) is 5.75 Å². The quantitative estimate of drug-likeness (QED) is 0.478. The van der Waals surface area contributed by atoms with Gasteiger partial charge in [-0.05, 0) is 49.8 Å². The number of aliphatic carboxylic acids is 1. The first-order valence-corrected chi connectivity index (χ1v) is 8.34. The minimum Gasteiger partial charge on any atom is -0.496 e. The van der Waals surface area contributed by atoms with Crippen LogP contribution in [0.3, 0.4) is 0 Å². The zero-order chi connectivity index (χ0) is 17.9. The Morgan fingerprint density at radius 2 is 2.04 bits per heavy atom. The number of carboxylic acids is 1. The number of primary amides is 1. The summed E-state index contributed by atoms with van der Waals surface area (Å²) in [5.41, 5.74) is 6.72. The second-order valence-electron chi connectivity index (χ2n) is 5.80. The number of allylic oxidation sites excluding steroid dienone is 2. The molecule has 0 saturated carbocycles. The van der Waals surface area contributed by atoms with Gasteiger partial charge in [-0.15, -0.1) is 0 Å².